The van der Waals surface area contributed by atoms with Gasteiger partial charge >= 0.3 is 0 Å². The molecule has 0 amide bonds. The Labute approximate surface area is 122 Å². The molecule has 0 radical (unpaired) electrons. The second-order valence-corrected chi connectivity index (χ2v) is 4.54. The number of anilines is 1. The zero-order valence-electron chi connectivity index (χ0n) is 12.1. The monoisotopic (exact) mass is 290 g/mol. The van der Waals surface area contributed by atoms with Gasteiger partial charge < -0.3 is 19.8 Å². The van der Waals surface area contributed by atoms with E-state index in [4.69, 9.17) is 9.47 Å². The molecule has 112 valence electrons. The number of benzene rings is 1. The molecule has 1 heterocycles. The number of hydrogen-bond acceptors (Lipinski definition) is 5. The largest absolute Gasteiger partial charge is 0.489 e. The maximum Gasteiger partial charge on any atom is 0.298 e. The van der Waals surface area contributed by atoms with E-state index in [1.54, 1.807) is 13.1 Å². The Hall–Kier alpha value is -2.50. The Morgan fingerprint density at radius 2 is 2.14 bits per heavy atom. The van der Waals surface area contributed by atoms with Crippen LogP contribution in [0.25, 0.3) is 10.9 Å². The quantitative estimate of drug-likeness (QED) is 0.604. The van der Waals surface area contributed by atoms with Crippen molar-refractivity contribution in [3.8, 4) is 11.5 Å². The minimum Gasteiger partial charge on any atom is -0.489 e. The molecule has 0 unspecified atom stereocenters. The van der Waals surface area contributed by atoms with E-state index in [-0.39, 0.29) is 12.2 Å². The first-order valence-corrected chi connectivity index (χ1v) is 6.82. The van der Waals surface area contributed by atoms with E-state index in [0.29, 0.717) is 23.3 Å². The van der Waals surface area contributed by atoms with Gasteiger partial charge in [0.15, 0.2) is 5.75 Å². The van der Waals surface area contributed by atoms with Crippen molar-refractivity contribution in [2.24, 2.45) is 0 Å². The van der Waals surface area contributed by atoms with Gasteiger partial charge in [-0.3, -0.25) is 9.59 Å². The topological polar surface area (TPSA) is 80.4 Å². The lowest BCUT2D eigenvalue weighted by atomic mass is 10.1. The van der Waals surface area contributed by atoms with E-state index >= 15 is 0 Å². The Morgan fingerprint density at radius 1 is 1.33 bits per heavy atom. The van der Waals surface area contributed by atoms with Gasteiger partial charge in [-0.2, -0.15) is 0 Å². The van der Waals surface area contributed by atoms with Crippen molar-refractivity contribution in [2.75, 3.05) is 19.0 Å². The molecule has 1 aromatic carbocycles. The molecule has 0 saturated heterocycles. The summed E-state index contributed by atoms with van der Waals surface area (Å²) in [5, 5.41) is 3.70. The average Bonchev–Trinajstić information content (AvgIpc) is 2.49. The smallest absolute Gasteiger partial charge is 0.298 e. The summed E-state index contributed by atoms with van der Waals surface area (Å²) in [5.41, 5.74) is 0.993. The maximum absolute atomic E-state index is 12.0. The second-order valence-electron chi connectivity index (χ2n) is 4.54. The summed E-state index contributed by atoms with van der Waals surface area (Å²) < 4.78 is 10.5. The number of pyridine rings is 1. The maximum atomic E-state index is 12.0. The number of aromatic nitrogens is 1. The van der Waals surface area contributed by atoms with Gasteiger partial charge in [0.25, 0.3) is 12.0 Å². The van der Waals surface area contributed by atoms with Gasteiger partial charge in [0.1, 0.15) is 0 Å². The van der Waals surface area contributed by atoms with Crippen LogP contribution in [-0.2, 0) is 4.79 Å². The number of ether oxygens (including phenoxy) is 2. The van der Waals surface area contributed by atoms with E-state index in [1.807, 2.05) is 19.1 Å². The van der Waals surface area contributed by atoms with Crippen LogP contribution in [0.15, 0.2) is 23.0 Å². The van der Waals surface area contributed by atoms with Gasteiger partial charge in [-0.05, 0) is 24.6 Å². The van der Waals surface area contributed by atoms with Crippen molar-refractivity contribution in [3.05, 3.63) is 28.6 Å². The summed E-state index contributed by atoms with van der Waals surface area (Å²) in [7, 11) is 1.79. The fourth-order valence-corrected chi connectivity index (χ4v) is 2.02. The van der Waals surface area contributed by atoms with Gasteiger partial charge in [0.05, 0.1) is 12.1 Å². The van der Waals surface area contributed by atoms with E-state index in [9.17, 15) is 9.59 Å². The molecule has 2 rings (SSSR count). The molecule has 0 saturated carbocycles. The summed E-state index contributed by atoms with van der Waals surface area (Å²) in [5.74, 6) is 0.197. The lowest BCUT2D eigenvalue weighted by molar-refractivity contribution is -0.120. The first-order chi connectivity index (χ1) is 10.2. The highest BCUT2D eigenvalue weighted by atomic mass is 16.5. The SMILES string of the molecule is CCCCOc1c(OC=O)c(=O)[nH]c2cc(NC)ccc12. The van der Waals surface area contributed by atoms with Crippen molar-refractivity contribution in [1.82, 2.24) is 4.98 Å². The van der Waals surface area contributed by atoms with Gasteiger partial charge in [-0.15, -0.1) is 0 Å². The number of carbonyl (C=O) groups excluding carboxylic acids is 1. The molecule has 6 nitrogen and oxygen atoms in total. The number of hydrogen-bond donors (Lipinski definition) is 2. The first-order valence-electron chi connectivity index (χ1n) is 6.82. The van der Waals surface area contributed by atoms with Gasteiger partial charge in [-0.1, -0.05) is 13.3 Å². The Morgan fingerprint density at radius 3 is 2.81 bits per heavy atom. The lowest BCUT2D eigenvalue weighted by Gasteiger charge is -2.12. The van der Waals surface area contributed by atoms with Crippen molar-refractivity contribution < 1.29 is 14.3 Å². The van der Waals surface area contributed by atoms with Crippen LogP contribution >= 0.6 is 0 Å². The van der Waals surface area contributed by atoms with Gasteiger partial charge in [0.2, 0.25) is 5.75 Å². The lowest BCUT2D eigenvalue weighted by Crippen LogP contribution is -2.13. The summed E-state index contributed by atoms with van der Waals surface area (Å²) in [6.07, 6.45) is 1.82. The molecular formula is C15H18N2O4. The van der Waals surface area contributed by atoms with Crippen molar-refractivity contribution in [2.45, 2.75) is 19.8 Å². The number of fused-ring (bicyclic) bond motifs is 1. The number of nitrogens with one attached hydrogen (secondary N) is 2. The molecule has 1 aromatic heterocycles. The predicted octanol–water partition coefficient (Wildman–Crippen LogP) is 2.28. The molecule has 0 aliphatic carbocycles. The van der Waals surface area contributed by atoms with E-state index in [0.717, 1.165) is 18.5 Å². The van der Waals surface area contributed by atoms with Crippen LogP contribution in [0.2, 0.25) is 0 Å². The molecule has 2 N–H and O–H groups in total. The van der Waals surface area contributed by atoms with E-state index in [2.05, 4.69) is 10.3 Å². The summed E-state index contributed by atoms with van der Waals surface area (Å²) in [6.45, 7) is 2.73. The Bertz CT molecular complexity index is 694. The second kappa shape index (κ2) is 6.78. The zero-order valence-corrected chi connectivity index (χ0v) is 12.1. The summed E-state index contributed by atoms with van der Waals surface area (Å²) >= 11 is 0. The molecule has 21 heavy (non-hydrogen) atoms. The minimum atomic E-state index is -0.491. The van der Waals surface area contributed by atoms with Crippen LogP contribution in [0.5, 0.6) is 11.5 Å². The van der Waals surface area contributed by atoms with Crippen LogP contribution < -0.4 is 20.3 Å². The summed E-state index contributed by atoms with van der Waals surface area (Å²) in [6, 6.07) is 5.47. The predicted molar refractivity (Wildman–Crippen MR) is 81.2 cm³/mol. The first kappa shape index (κ1) is 14.9. The third kappa shape index (κ3) is 3.16. The number of rotatable bonds is 7. The Kier molecular flexibility index (Phi) is 4.81. The van der Waals surface area contributed by atoms with Crippen molar-refractivity contribution in [3.63, 3.8) is 0 Å². The molecule has 0 fully saturated rings. The zero-order chi connectivity index (χ0) is 15.2. The van der Waals surface area contributed by atoms with Crippen LogP contribution in [-0.4, -0.2) is 25.1 Å². The molecular weight excluding hydrogens is 272 g/mol. The number of aromatic amines is 1. The standard InChI is InChI=1S/C15H18N2O4/c1-3-4-7-20-13-11-6-5-10(16-2)8-12(11)17-15(19)14(13)21-9-18/h5-6,8-9,16H,3-4,7H2,1-2H3,(H,17,19). The van der Waals surface area contributed by atoms with E-state index < -0.39 is 5.56 Å². The highest BCUT2D eigenvalue weighted by Crippen LogP contribution is 2.32. The normalized spacial score (nSPS) is 10.4. The molecule has 2 aromatic rings. The number of unbranched alkanes of at least 4 members (excludes halogenated alkanes) is 1. The van der Waals surface area contributed by atoms with Crippen molar-refractivity contribution >= 4 is 23.1 Å². The van der Waals surface area contributed by atoms with Crippen molar-refractivity contribution in [1.29, 1.82) is 0 Å². The fourth-order valence-electron chi connectivity index (χ4n) is 2.02. The molecule has 0 spiro atoms. The minimum absolute atomic E-state index is 0.106. The highest BCUT2D eigenvalue weighted by molar-refractivity contribution is 5.90. The fraction of sp³-hybridized carbons (Fsp3) is 0.333. The summed E-state index contributed by atoms with van der Waals surface area (Å²) in [4.78, 5) is 25.3. The number of H-pyrrole nitrogens is 1. The molecule has 0 bridgehead atoms. The third-order valence-electron chi connectivity index (χ3n) is 3.12. The van der Waals surface area contributed by atoms with Gasteiger partial charge in [-0.25, -0.2) is 0 Å². The average molecular weight is 290 g/mol. The van der Waals surface area contributed by atoms with Crippen LogP contribution in [0.3, 0.4) is 0 Å². The Balaban J connectivity index is 2.58. The van der Waals surface area contributed by atoms with E-state index in [1.165, 1.54) is 0 Å². The van der Waals surface area contributed by atoms with Crippen LogP contribution in [0.1, 0.15) is 19.8 Å². The molecule has 6 heteroatoms. The van der Waals surface area contributed by atoms with Crippen LogP contribution in [0.4, 0.5) is 5.69 Å². The van der Waals surface area contributed by atoms with Crippen LogP contribution in [0, 0.1) is 0 Å². The third-order valence-corrected chi connectivity index (χ3v) is 3.12. The molecule has 0 aliphatic rings. The molecule has 0 atom stereocenters. The highest BCUT2D eigenvalue weighted by Gasteiger charge is 2.16. The molecule has 0 aliphatic heterocycles. The number of carbonyl (C=O) groups is 1. The van der Waals surface area contributed by atoms with Gasteiger partial charge in [0, 0.05) is 18.1 Å².